The van der Waals surface area contributed by atoms with Gasteiger partial charge in [0.15, 0.2) is 0 Å². The van der Waals surface area contributed by atoms with Gasteiger partial charge in [0.25, 0.3) is 0 Å². The van der Waals surface area contributed by atoms with Crippen LogP contribution in [0.3, 0.4) is 0 Å². The fraction of sp³-hybridized carbons (Fsp3) is 0.562. The minimum absolute atomic E-state index is 0.389. The van der Waals surface area contributed by atoms with E-state index in [4.69, 9.17) is 22.7 Å². The minimum atomic E-state index is 0.389. The highest BCUT2D eigenvalue weighted by Gasteiger charge is 2.20. The molecule has 2 N–H and O–H groups in total. The fourth-order valence-electron chi connectivity index (χ4n) is 2.90. The predicted octanol–water partition coefficient (Wildman–Crippen LogP) is 1.86. The summed E-state index contributed by atoms with van der Waals surface area (Å²) in [6.07, 6.45) is 2.45. The number of nitrogens with two attached hydrogens (primary N) is 1. The van der Waals surface area contributed by atoms with E-state index in [-0.39, 0.29) is 0 Å². The quantitative estimate of drug-likeness (QED) is 0.841. The van der Waals surface area contributed by atoms with E-state index in [1.807, 2.05) is 6.07 Å². The van der Waals surface area contributed by atoms with Crippen molar-refractivity contribution in [2.45, 2.75) is 25.4 Å². The van der Waals surface area contributed by atoms with Gasteiger partial charge in [-0.25, -0.2) is 0 Å². The highest BCUT2D eigenvalue weighted by atomic mass is 32.1. The van der Waals surface area contributed by atoms with Gasteiger partial charge in [0.1, 0.15) is 10.7 Å². The van der Waals surface area contributed by atoms with E-state index in [9.17, 15) is 0 Å². The van der Waals surface area contributed by atoms with Gasteiger partial charge >= 0.3 is 0 Å². The monoisotopic (exact) mass is 307 g/mol. The van der Waals surface area contributed by atoms with E-state index >= 15 is 0 Å². The Balaban J connectivity index is 2.01. The van der Waals surface area contributed by atoms with Gasteiger partial charge in [-0.3, -0.25) is 4.90 Å². The standard InChI is InChI=1S/C16H25N3OS/c1-18(2)13-6-8-19(9-7-13)11-12-4-5-15(20-3)14(10-12)16(17)21/h4-5,10,13H,6-9,11H2,1-3H3,(H2,17,21). The van der Waals surface area contributed by atoms with E-state index in [2.05, 4.69) is 36.0 Å². The third kappa shape index (κ3) is 4.15. The summed E-state index contributed by atoms with van der Waals surface area (Å²) in [6, 6.07) is 6.82. The fourth-order valence-corrected chi connectivity index (χ4v) is 3.06. The number of benzene rings is 1. The van der Waals surface area contributed by atoms with Crippen molar-refractivity contribution in [3.8, 4) is 5.75 Å². The summed E-state index contributed by atoms with van der Waals surface area (Å²) in [6.45, 7) is 3.22. The van der Waals surface area contributed by atoms with Gasteiger partial charge in [-0.15, -0.1) is 0 Å². The highest BCUT2D eigenvalue weighted by Crippen LogP contribution is 2.22. The Labute approximate surface area is 132 Å². The molecule has 1 aromatic carbocycles. The Hall–Kier alpha value is -1.17. The number of thiocarbonyl (C=S) groups is 1. The molecule has 2 rings (SSSR count). The molecular formula is C16H25N3OS. The summed E-state index contributed by atoms with van der Waals surface area (Å²) in [5.74, 6) is 0.748. The largest absolute Gasteiger partial charge is 0.496 e. The van der Waals surface area contributed by atoms with Crippen LogP contribution in [0.1, 0.15) is 24.0 Å². The maximum atomic E-state index is 5.78. The molecule has 0 bridgehead atoms. The lowest BCUT2D eigenvalue weighted by molar-refractivity contribution is 0.140. The van der Waals surface area contributed by atoms with Crippen LogP contribution >= 0.6 is 12.2 Å². The summed E-state index contributed by atoms with van der Waals surface area (Å²) in [5.41, 5.74) is 7.84. The Kier molecular flexibility index (Phi) is 5.56. The van der Waals surface area contributed by atoms with Crippen molar-refractivity contribution in [3.63, 3.8) is 0 Å². The van der Waals surface area contributed by atoms with Crippen molar-refractivity contribution < 1.29 is 4.74 Å². The molecule has 0 radical (unpaired) electrons. The summed E-state index contributed by atoms with van der Waals surface area (Å²) >= 11 is 5.10. The van der Waals surface area contributed by atoms with Crippen LogP contribution in [-0.2, 0) is 6.54 Å². The molecule has 5 heteroatoms. The molecule has 21 heavy (non-hydrogen) atoms. The topological polar surface area (TPSA) is 41.7 Å². The molecule has 0 saturated carbocycles. The van der Waals surface area contributed by atoms with Crippen molar-refractivity contribution in [3.05, 3.63) is 29.3 Å². The van der Waals surface area contributed by atoms with Crippen LogP contribution in [0.15, 0.2) is 18.2 Å². The molecule has 0 spiro atoms. The third-order valence-corrected chi connectivity index (χ3v) is 4.44. The van der Waals surface area contributed by atoms with Gasteiger partial charge in [-0.1, -0.05) is 18.3 Å². The zero-order valence-corrected chi connectivity index (χ0v) is 13.9. The first-order valence-corrected chi connectivity index (χ1v) is 7.77. The number of hydrogen-bond donors (Lipinski definition) is 1. The number of methoxy groups -OCH3 is 1. The highest BCUT2D eigenvalue weighted by molar-refractivity contribution is 7.80. The average Bonchev–Trinajstić information content (AvgIpc) is 2.47. The number of piperidine rings is 1. The number of hydrogen-bond acceptors (Lipinski definition) is 4. The lowest BCUT2D eigenvalue weighted by Gasteiger charge is -2.35. The molecule has 1 saturated heterocycles. The number of nitrogens with zero attached hydrogens (tertiary/aromatic N) is 2. The smallest absolute Gasteiger partial charge is 0.129 e. The van der Waals surface area contributed by atoms with Gasteiger partial charge in [0.2, 0.25) is 0 Å². The normalized spacial score (nSPS) is 17.1. The van der Waals surface area contributed by atoms with Crippen LogP contribution in [0.25, 0.3) is 0 Å². The second-order valence-corrected chi connectivity index (χ2v) is 6.31. The molecule has 0 aromatic heterocycles. The zero-order valence-electron chi connectivity index (χ0n) is 13.1. The maximum Gasteiger partial charge on any atom is 0.129 e. The van der Waals surface area contributed by atoms with Gasteiger partial charge in [0, 0.05) is 12.6 Å². The number of rotatable bonds is 5. The van der Waals surface area contributed by atoms with Crippen molar-refractivity contribution >= 4 is 17.2 Å². The molecule has 1 fully saturated rings. The predicted molar refractivity (Wildman–Crippen MR) is 90.9 cm³/mol. The first-order chi connectivity index (χ1) is 10.0. The van der Waals surface area contributed by atoms with Crippen LogP contribution in [0, 0.1) is 0 Å². The van der Waals surface area contributed by atoms with Crippen LogP contribution in [0.5, 0.6) is 5.75 Å². The molecule has 1 aliphatic heterocycles. The summed E-state index contributed by atoms with van der Waals surface area (Å²) in [7, 11) is 5.97. The van der Waals surface area contributed by atoms with Crippen molar-refractivity contribution in [2.24, 2.45) is 5.73 Å². The number of ether oxygens (including phenoxy) is 1. The van der Waals surface area contributed by atoms with Gasteiger partial charge in [0.05, 0.1) is 12.7 Å². The Morgan fingerprint density at radius 3 is 2.57 bits per heavy atom. The van der Waals surface area contributed by atoms with Gasteiger partial charge in [-0.05, 0) is 57.7 Å². The Morgan fingerprint density at radius 2 is 2.05 bits per heavy atom. The summed E-state index contributed by atoms with van der Waals surface area (Å²) < 4.78 is 5.31. The van der Waals surface area contributed by atoms with Gasteiger partial charge in [-0.2, -0.15) is 0 Å². The molecule has 4 nitrogen and oxygen atoms in total. The van der Waals surface area contributed by atoms with Crippen LogP contribution in [0.4, 0.5) is 0 Å². The molecular weight excluding hydrogens is 282 g/mol. The molecule has 0 aliphatic carbocycles. The van der Waals surface area contributed by atoms with E-state index in [0.717, 1.165) is 30.9 Å². The first-order valence-electron chi connectivity index (χ1n) is 7.36. The zero-order chi connectivity index (χ0) is 15.4. The van der Waals surface area contributed by atoms with Crippen LogP contribution in [-0.4, -0.2) is 55.1 Å². The van der Waals surface area contributed by atoms with E-state index < -0.39 is 0 Å². The van der Waals surface area contributed by atoms with Crippen molar-refractivity contribution in [2.75, 3.05) is 34.3 Å². The molecule has 0 atom stereocenters. The Bertz CT molecular complexity index is 496. The molecule has 1 heterocycles. The Morgan fingerprint density at radius 1 is 1.38 bits per heavy atom. The van der Waals surface area contributed by atoms with E-state index in [1.165, 1.54) is 18.4 Å². The molecule has 0 unspecified atom stereocenters. The van der Waals surface area contributed by atoms with E-state index in [0.29, 0.717) is 11.0 Å². The maximum absolute atomic E-state index is 5.78. The summed E-state index contributed by atoms with van der Waals surface area (Å²) in [4.78, 5) is 5.21. The number of likely N-dealkylation sites (tertiary alicyclic amines) is 1. The lowest BCUT2D eigenvalue weighted by Crippen LogP contribution is -2.41. The van der Waals surface area contributed by atoms with E-state index in [1.54, 1.807) is 7.11 Å². The van der Waals surface area contributed by atoms with Crippen LogP contribution < -0.4 is 10.5 Å². The lowest BCUT2D eigenvalue weighted by atomic mass is 10.0. The SMILES string of the molecule is COc1ccc(CN2CCC(N(C)C)CC2)cc1C(N)=S. The van der Waals surface area contributed by atoms with Crippen molar-refractivity contribution in [1.82, 2.24) is 9.80 Å². The second-order valence-electron chi connectivity index (χ2n) is 5.87. The second kappa shape index (κ2) is 7.20. The molecule has 116 valence electrons. The average molecular weight is 307 g/mol. The van der Waals surface area contributed by atoms with Crippen molar-refractivity contribution in [1.29, 1.82) is 0 Å². The van der Waals surface area contributed by atoms with Gasteiger partial charge < -0.3 is 15.4 Å². The summed E-state index contributed by atoms with van der Waals surface area (Å²) in [5, 5.41) is 0. The van der Waals surface area contributed by atoms with Crippen LogP contribution in [0.2, 0.25) is 0 Å². The first kappa shape index (κ1) is 16.2. The molecule has 0 amide bonds. The molecule has 1 aromatic rings. The molecule has 1 aliphatic rings. The third-order valence-electron chi connectivity index (χ3n) is 4.22. The minimum Gasteiger partial charge on any atom is -0.496 e.